The van der Waals surface area contributed by atoms with Crippen LogP contribution in [0.1, 0.15) is 5.69 Å². The molecule has 0 aliphatic rings. The second-order valence-corrected chi connectivity index (χ2v) is 6.80. The van der Waals surface area contributed by atoms with Gasteiger partial charge in [0.15, 0.2) is 5.16 Å². The SMILES string of the molecule is COc1ccc(-n2c(SCc3ccccn3)nc3ccccc3c2=O)cc1. The largest absolute Gasteiger partial charge is 0.497 e. The van der Waals surface area contributed by atoms with Gasteiger partial charge in [0, 0.05) is 11.9 Å². The molecule has 2 aromatic carbocycles. The van der Waals surface area contributed by atoms with Crippen molar-refractivity contribution in [2.45, 2.75) is 10.9 Å². The number of hydrogen-bond acceptors (Lipinski definition) is 5. The van der Waals surface area contributed by atoms with Crippen LogP contribution in [0, 0.1) is 0 Å². The number of thioether (sulfide) groups is 1. The van der Waals surface area contributed by atoms with Gasteiger partial charge in [0.25, 0.3) is 5.56 Å². The first-order valence-electron chi connectivity index (χ1n) is 8.45. The van der Waals surface area contributed by atoms with Crippen molar-refractivity contribution >= 4 is 22.7 Å². The van der Waals surface area contributed by atoms with Crippen molar-refractivity contribution in [3.63, 3.8) is 0 Å². The molecular formula is C21H17N3O2S. The highest BCUT2D eigenvalue weighted by atomic mass is 32.2. The van der Waals surface area contributed by atoms with Crippen LogP contribution < -0.4 is 10.3 Å². The molecule has 2 aromatic heterocycles. The van der Waals surface area contributed by atoms with Crippen LogP contribution in [0.25, 0.3) is 16.6 Å². The molecule has 0 atom stereocenters. The van der Waals surface area contributed by atoms with E-state index in [0.29, 0.717) is 21.8 Å². The second-order valence-electron chi connectivity index (χ2n) is 5.86. The summed E-state index contributed by atoms with van der Waals surface area (Å²) < 4.78 is 6.87. The van der Waals surface area contributed by atoms with Crippen molar-refractivity contribution in [2.75, 3.05) is 7.11 Å². The van der Waals surface area contributed by atoms with E-state index in [0.717, 1.165) is 17.1 Å². The summed E-state index contributed by atoms with van der Waals surface area (Å²) in [5.74, 6) is 1.37. The third-order valence-electron chi connectivity index (χ3n) is 4.15. The molecule has 0 unspecified atom stereocenters. The molecule has 4 aromatic rings. The average molecular weight is 375 g/mol. The number of pyridine rings is 1. The van der Waals surface area contributed by atoms with Crippen LogP contribution in [0.4, 0.5) is 0 Å². The van der Waals surface area contributed by atoms with Gasteiger partial charge >= 0.3 is 0 Å². The van der Waals surface area contributed by atoms with Crippen molar-refractivity contribution in [3.05, 3.63) is 89.0 Å². The van der Waals surface area contributed by atoms with E-state index >= 15 is 0 Å². The standard InChI is InChI=1S/C21H17N3O2S/c1-26-17-11-9-16(10-12-17)24-20(25)18-7-2-3-8-19(18)23-21(24)27-14-15-6-4-5-13-22-15/h2-13H,14H2,1H3. The Kier molecular flexibility index (Phi) is 4.89. The molecule has 27 heavy (non-hydrogen) atoms. The molecule has 0 spiro atoms. The Morgan fingerprint density at radius 3 is 2.52 bits per heavy atom. The number of aromatic nitrogens is 3. The molecule has 0 saturated carbocycles. The fourth-order valence-electron chi connectivity index (χ4n) is 2.79. The summed E-state index contributed by atoms with van der Waals surface area (Å²) in [5, 5.41) is 1.23. The number of para-hydroxylation sites is 1. The molecule has 2 heterocycles. The topological polar surface area (TPSA) is 57.0 Å². The van der Waals surface area contributed by atoms with Crippen molar-refractivity contribution in [1.82, 2.24) is 14.5 Å². The monoisotopic (exact) mass is 375 g/mol. The number of nitrogens with zero attached hydrogens (tertiary/aromatic N) is 3. The minimum absolute atomic E-state index is 0.0886. The first kappa shape index (κ1) is 17.3. The van der Waals surface area contributed by atoms with E-state index in [9.17, 15) is 4.79 Å². The van der Waals surface area contributed by atoms with Crippen molar-refractivity contribution in [3.8, 4) is 11.4 Å². The Bertz CT molecular complexity index is 1130. The predicted octanol–water partition coefficient (Wildman–Crippen LogP) is 4.08. The Morgan fingerprint density at radius 1 is 1.00 bits per heavy atom. The van der Waals surface area contributed by atoms with E-state index in [1.54, 1.807) is 23.9 Å². The van der Waals surface area contributed by atoms with E-state index < -0.39 is 0 Å². The molecule has 0 bridgehead atoms. The minimum atomic E-state index is -0.0886. The maximum Gasteiger partial charge on any atom is 0.266 e. The molecule has 0 aliphatic heterocycles. The summed E-state index contributed by atoms with van der Waals surface area (Å²) in [7, 11) is 1.62. The normalized spacial score (nSPS) is 10.9. The van der Waals surface area contributed by atoms with Gasteiger partial charge in [-0.3, -0.25) is 14.3 Å². The Balaban J connectivity index is 1.83. The zero-order valence-corrected chi connectivity index (χ0v) is 15.5. The molecule has 5 nitrogen and oxygen atoms in total. The van der Waals surface area contributed by atoms with E-state index in [-0.39, 0.29) is 5.56 Å². The highest BCUT2D eigenvalue weighted by Crippen LogP contribution is 2.25. The Labute approximate surface area is 160 Å². The van der Waals surface area contributed by atoms with Crippen LogP contribution in [0.2, 0.25) is 0 Å². The molecule has 0 saturated heterocycles. The van der Waals surface area contributed by atoms with Gasteiger partial charge in [-0.25, -0.2) is 4.98 Å². The number of rotatable bonds is 5. The van der Waals surface area contributed by atoms with Crippen molar-refractivity contribution in [1.29, 1.82) is 0 Å². The first-order chi connectivity index (χ1) is 13.3. The van der Waals surface area contributed by atoms with Gasteiger partial charge in [0.1, 0.15) is 5.75 Å². The lowest BCUT2D eigenvalue weighted by atomic mass is 10.2. The summed E-state index contributed by atoms with van der Waals surface area (Å²) in [5.41, 5.74) is 2.29. The summed E-state index contributed by atoms with van der Waals surface area (Å²) >= 11 is 1.49. The number of ether oxygens (including phenoxy) is 1. The van der Waals surface area contributed by atoms with Crippen LogP contribution in [0.15, 0.2) is 82.9 Å². The third kappa shape index (κ3) is 3.57. The number of hydrogen-bond donors (Lipinski definition) is 0. The van der Waals surface area contributed by atoms with E-state index in [4.69, 9.17) is 9.72 Å². The maximum atomic E-state index is 13.2. The minimum Gasteiger partial charge on any atom is -0.497 e. The van der Waals surface area contributed by atoms with Crippen LogP contribution in [0.5, 0.6) is 5.75 Å². The van der Waals surface area contributed by atoms with Crippen molar-refractivity contribution < 1.29 is 4.74 Å². The van der Waals surface area contributed by atoms with Gasteiger partial charge in [-0.1, -0.05) is 30.0 Å². The van der Waals surface area contributed by atoms with Gasteiger partial charge in [0.2, 0.25) is 0 Å². The van der Waals surface area contributed by atoms with E-state index in [1.165, 1.54) is 11.8 Å². The van der Waals surface area contributed by atoms with Crippen LogP contribution in [0.3, 0.4) is 0 Å². The van der Waals surface area contributed by atoms with E-state index in [2.05, 4.69) is 4.98 Å². The van der Waals surface area contributed by atoms with Crippen LogP contribution in [-0.4, -0.2) is 21.6 Å². The number of fused-ring (bicyclic) bond motifs is 1. The molecule has 6 heteroatoms. The lowest BCUT2D eigenvalue weighted by Gasteiger charge is -2.13. The lowest BCUT2D eigenvalue weighted by Crippen LogP contribution is -2.21. The summed E-state index contributed by atoms with van der Waals surface area (Å²) in [6.45, 7) is 0. The molecule has 0 fully saturated rings. The fraction of sp³-hybridized carbons (Fsp3) is 0.0952. The van der Waals surface area contributed by atoms with Crippen LogP contribution in [-0.2, 0) is 5.75 Å². The Morgan fingerprint density at radius 2 is 1.78 bits per heavy atom. The molecule has 4 rings (SSSR count). The van der Waals surface area contributed by atoms with Gasteiger partial charge in [-0.05, 0) is 48.5 Å². The maximum absolute atomic E-state index is 13.2. The molecule has 0 aliphatic carbocycles. The van der Waals surface area contributed by atoms with Gasteiger partial charge in [-0.2, -0.15) is 0 Å². The van der Waals surface area contributed by atoms with Gasteiger partial charge in [-0.15, -0.1) is 0 Å². The number of benzene rings is 2. The first-order valence-corrected chi connectivity index (χ1v) is 9.44. The Hall–Kier alpha value is -3.12. The average Bonchev–Trinajstić information content (AvgIpc) is 2.73. The highest BCUT2D eigenvalue weighted by molar-refractivity contribution is 7.98. The predicted molar refractivity (Wildman–Crippen MR) is 108 cm³/mol. The fourth-order valence-corrected chi connectivity index (χ4v) is 3.72. The second kappa shape index (κ2) is 7.63. The number of methoxy groups -OCH3 is 1. The summed E-state index contributed by atoms with van der Waals surface area (Å²) in [6, 6.07) is 20.6. The molecule has 134 valence electrons. The summed E-state index contributed by atoms with van der Waals surface area (Å²) in [6.07, 6.45) is 1.76. The highest BCUT2D eigenvalue weighted by Gasteiger charge is 2.13. The van der Waals surface area contributed by atoms with Gasteiger partial charge < -0.3 is 4.74 Å². The molecule has 0 radical (unpaired) electrons. The van der Waals surface area contributed by atoms with Crippen LogP contribution >= 0.6 is 11.8 Å². The zero-order chi connectivity index (χ0) is 18.6. The molecule has 0 N–H and O–H groups in total. The lowest BCUT2D eigenvalue weighted by molar-refractivity contribution is 0.414. The van der Waals surface area contributed by atoms with Gasteiger partial charge in [0.05, 0.1) is 29.4 Å². The van der Waals surface area contributed by atoms with Crippen molar-refractivity contribution in [2.24, 2.45) is 0 Å². The zero-order valence-electron chi connectivity index (χ0n) is 14.7. The van der Waals surface area contributed by atoms with E-state index in [1.807, 2.05) is 60.7 Å². The quantitative estimate of drug-likeness (QED) is 0.389. The third-order valence-corrected chi connectivity index (χ3v) is 5.12. The smallest absolute Gasteiger partial charge is 0.266 e. The summed E-state index contributed by atoms with van der Waals surface area (Å²) in [4.78, 5) is 22.3. The molecular weight excluding hydrogens is 358 g/mol. The molecule has 0 amide bonds.